The third-order valence-corrected chi connectivity index (χ3v) is 3.76. The lowest BCUT2D eigenvalue weighted by molar-refractivity contribution is 0.0698. The molecule has 0 aliphatic heterocycles. The number of unbranched alkanes of at least 4 members (excludes halogenated alkanes) is 1. The summed E-state index contributed by atoms with van der Waals surface area (Å²) >= 11 is 0. The first-order valence-electron chi connectivity index (χ1n) is 7.36. The standard InChI is InChI=1S/C16H26N2O2/c1-4-6-7-12(5-2)10-18-13-8-11(3)15(17)14(9-13)16(19)20/h8-9,12,18H,4-7,10,17H2,1-3H3,(H,19,20). The van der Waals surface area contributed by atoms with Crippen LogP contribution < -0.4 is 11.1 Å². The van der Waals surface area contributed by atoms with Crippen LogP contribution in [0.3, 0.4) is 0 Å². The quantitative estimate of drug-likeness (QED) is 0.630. The van der Waals surface area contributed by atoms with Crippen LogP contribution in [0, 0.1) is 12.8 Å². The van der Waals surface area contributed by atoms with Crippen LogP contribution in [-0.4, -0.2) is 17.6 Å². The Bertz CT molecular complexity index is 458. The molecule has 0 aliphatic carbocycles. The Labute approximate surface area is 121 Å². The number of hydrogen-bond donors (Lipinski definition) is 3. The van der Waals surface area contributed by atoms with Gasteiger partial charge in [-0.25, -0.2) is 4.79 Å². The van der Waals surface area contributed by atoms with Crippen LogP contribution in [-0.2, 0) is 0 Å². The lowest BCUT2D eigenvalue weighted by Crippen LogP contribution is -2.14. The molecule has 4 N–H and O–H groups in total. The highest BCUT2D eigenvalue weighted by atomic mass is 16.4. The first kappa shape index (κ1) is 16.3. The van der Waals surface area contributed by atoms with Gasteiger partial charge < -0.3 is 16.2 Å². The summed E-state index contributed by atoms with van der Waals surface area (Å²) in [5.74, 6) is -0.353. The zero-order valence-corrected chi connectivity index (χ0v) is 12.7. The smallest absolute Gasteiger partial charge is 0.337 e. The Morgan fingerprint density at radius 1 is 1.40 bits per heavy atom. The van der Waals surface area contributed by atoms with Crippen LogP contribution in [0.1, 0.15) is 55.5 Å². The molecule has 0 aromatic heterocycles. The Kier molecular flexibility index (Phi) is 6.36. The monoisotopic (exact) mass is 278 g/mol. The molecule has 112 valence electrons. The van der Waals surface area contributed by atoms with E-state index in [-0.39, 0.29) is 5.56 Å². The summed E-state index contributed by atoms with van der Waals surface area (Å²) in [5.41, 5.74) is 7.95. The van der Waals surface area contributed by atoms with Gasteiger partial charge in [0.2, 0.25) is 0 Å². The molecule has 4 heteroatoms. The number of nitrogens with two attached hydrogens (primary N) is 1. The molecule has 0 bridgehead atoms. The van der Waals surface area contributed by atoms with Crippen molar-refractivity contribution in [2.45, 2.75) is 46.5 Å². The molecule has 20 heavy (non-hydrogen) atoms. The highest BCUT2D eigenvalue weighted by Gasteiger charge is 2.12. The highest BCUT2D eigenvalue weighted by Crippen LogP contribution is 2.23. The average Bonchev–Trinajstić information content (AvgIpc) is 2.42. The molecule has 0 radical (unpaired) electrons. The van der Waals surface area contributed by atoms with E-state index in [9.17, 15) is 4.79 Å². The van der Waals surface area contributed by atoms with Gasteiger partial charge in [-0.2, -0.15) is 0 Å². The van der Waals surface area contributed by atoms with Crippen molar-refractivity contribution in [1.82, 2.24) is 0 Å². The summed E-state index contributed by atoms with van der Waals surface area (Å²) < 4.78 is 0. The van der Waals surface area contributed by atoms with Crippen LogP contribution >= 0.6 is 0 Å². The Balaban J connectivity index is 2.75. The maximum absolute atomic E-state index is 11.2. The van der Waals surface area contributed by atoms with E-state index >= 15 is 0 Å². The fraction of sp³-hybridized carbons (Fsp3) is 0.562. The molecular weight excluding hydrogens is 252 g/mol. The number of benzene rings is 1. The number of aryl methyl sites for hydroxylation is 1. The van der Waals surface area contributed by atoms with Gasteiger partial charge in [-0.1, -0.05) is 33.1 Å². The lowest BCUT2D eigenvalue weighted by atomic mass is 9.99. The predicted octanol–water partition coefficient (Wildman–Crippen LogP) is 3.90. The van der Waals surface area contributed by atoms with Gasteiger partial charge in [0.1, 0.15) is 0 Å². The van der Waals surface area contributed by atoms with Gasteiger partial charge in [0.15, 0.2) is 0 Å². The molecule has 0 fully saturated rings. The van der Waals surface area contributed by atoms with Crippen molar-refractivity contribution in [2.24, 2.45) is 5.92 Å². The minimum absolute atomic E-state index is 0.175. The number of anilines is 2. The van der Waals surface area contributed by atoms with Gasteiger partial charge >= 0.3 is 5.97 Å². The Hall–Kier alpha value is -1.71. The molecule has 0 heterocycles. The summed E-state index contributed by atoms with van der Waals surface area (Å²) in [4.78, 5) is 11.2. The van der Waals surface area contributed by atoms with E-state index in [1.807, 2.05) is 13.0 Å². The molecule has 0 saturated heterocycles. The Morgan fingerprint density at radius 3 is 2.65 bits per heavy atom. The number of hydrogen-bond acceptors (Lipinski definition) is 3. The van der Waals surface area contributed by atoms with E-state index in [1.165, 1.54) is 19.3 Å². The van der Waals surface area contributed by atoms with Crippen molar-refractivity contribution in [2.75, 3.05) is 17.6 Å². The first-order chi connectivity index (χ1) is 9.49. The lowest BCUT2D eigenvalue weighted by Gasteiger charge is -2.17. The number of rotatable bonds is 8. The fourth-order valence-electron chi connectivity index (χ4n) is 2.28. The first-order valence-corrected chi connectivity index (χ1v) is 7.36. The van der Waals surface area contributed by atoms with E-state index in [2.05, 4.69) is 19.2 Å². The molecule has 4 nitrogen and oxygen atoms in total. The number of carboxylic acid groups (broad SMARTS) is 1. The van der Waals surface area contributed by atoms with Crippen LogP contribution in [0.25, 0.3) is 0 Å². The van der Waals surface area contributed by atoms with Crippen LogP contribution in [0.4, 0.5) is 11.4 Å². The van der Waals surface area contributed by atoms with Crippen molar-refractivity contribution < 1.29 is 9.90 Å². The Morgan fingerprint density at radius 2 is 2.10 bits per heavy atom. The largest absolute Gasteiger partial charge is 0.478 e. The highest BCUT2D eigenvalue weighted by molar-refractivity contribution is 5.95. The minimum Gasteiger partial charge on any atom is -0.478 e. The van der Waals surface area contributed by atoms with Crippen molar-refractivity contribution in [1.29, 1.82) is 0 Å². The molecule has 0 amide bonds. The number of nitrogens with one attached hydrogen (secondary N) is 1. The van der Waals surface area contributed by atoms with Crippen molar-refractivity contribution in [3.63, 3.8) is 0 Å². The van der Waals surface area contributed by atoms with Gasteiger partial charge in [-0.3, -0.25) is 0 Å². The maximum atomic E-state index is 11.2. The summed E-state index contributed by atoms with van der Waals surface area (Å²) in [6, 6.07) is 3.53. The van der Waals surface area contributed by atoms with E-state index in [1.54, 1.807) is 6.07 Å². The molecule has 0 spiro atoms. The minimum atomic E-state index is -0.979. The van der Waals surface area contributed by atoms with Gasteiger partial charge in [-0.15, -0.1) is 0 Å². The van der Waals surface area contributed by atoms with E-state index in [0.717, 1.165) is 24.2 Å². The van der Waals surface area contributed by atoms with Gasteiger partial charge in [0.25, 0.3) is 0 Å². The second-order valence-electron chi connectivity index (χ2n) is 5.36. The zero-order valence-electron chi connectivity index (χ0n) is 12.7. The molecular formula is C16H26N2O2. The molecule has 1 aromatic carbocycles. The number of carbonyl (C=O) groups is 1. The van der Waals surface area contributed by atoms with Crippen molar-refractivity contribution in [3.05, 3.63) is 23.3 Å². The summed E-state index contributed by atoms with van der Waals surface area (Å²) in [5, 5.41) is 12.5. The predicted molar refractivity (Wildman–Crippen MR) is 84.3 cm³/mol. The second kappa shape index (κ2) is 7.78. The van der Waals surface area contributed by atoms with Crippen molar-refractivity contribution >= 4 is 17.3 Å². The number of nitrogen functional groups attached to an aromatic ring is 1. The van der Waals surface area contributed by atoms with E-state index < -0.39 is 5.97 Å². The maximum Gasteiger partial charge on any atom is 0.337 e. The number of aromatic carboxylic acids is 1. The molecule has 1 atom stereocenters. The zero-order chi connectivity index (χ0) is 15.1. The fourth-order valence-corrected chi connectivity index (χ4v) is 2.28. The molecule has 1 rings (SSSR count). The van der Waals surface area contributed by atoms with Gasteiger partial charge in [0, 0.05) is 17.9 Å². The van der Waals surface area contributed by atoms with Crippen molar-refractivity contribution in [3.8, 4) is 0 Å². The SMILES string of the molecule is CCCCC(CC)CNc1cc(C)c(N)c(C(=O)O)c1. The van der Waals surface area contributed by atoms with Gasteiger partial charge in [0.05, 0.1) is 5.56 Å². The van der Waals surface area contributed by atoms with Crippen LogP contribution in [0.2, 0.25) is 0 Å². The topological polar surface area (TPSA) is 75.3 Å². The molecule has 0 saturated carbocycles. The van der Waals surface area contributed by atoms with E-state index in [4.69, 9.17) is 10.8 Å². The van der Waals surface area contributed by atoms with Crippen LogP contribution in [0.5, 0.6) is 0 Å². The normalized spacial score (nSPS) is 12.2. The summed E-state index contributed by atoms with van der Waals surface area (Å²) in [7, 11) is 0. The van der Waals surface area contributed by atoms with Crippen LogP contribution in [0.15, 0.2) is 12.1 Å². The molecule has 0 aliphatic rings. The summed E-state index contributed by atoms with van der Waals surface area (Å²) in [6.07, 6.45) is 4.79. The third kappa shape index (κ3) is 4.44. The average molecular weight is 278 g/mol. The summed E-state index contributed by atoms with van der Waals surface area (Å²) in [6.45, 7) is 7.10. The third-order valence-electron chi connectivity index (χ3n) is 3.76. The molecule has 1 unspecified atom stereocenters. The number of carboxylic acids is 1. The van der Waals surface area contributed by atoms with E-state index in [0.29, 0.717) is 11.6 Å². The van der Waals surface area contributed by atoms with Gasteiger partial charge in [-0.05, 0) is 37.0 Å². The second-order valence-corrected chi connectivity index (χ2v) is 5.36. The molecule has 1 aromatic rings.